The van der Waals surface area contributed by atoms with E-state index in [1.165, 1.54) is 11.0 Å². The van der Waals surface area contributed by atoms with Gasteiger partial charge in [-0.15, -0.1) is 0 Å². The number of amides is 2. The van der Waals surface area contributed by atoms with Crippen molar-refractivity contribution in [2.45, 2.75) is 50.6 Å². The number of halogens is 1. The number of carbonyl (C=O) groups excluding carboxylic acids is 2. The van der Waals surface area contributed by atoms with Crippen LogP contribution in [-0.2, 0) is 9.59 Å². The van der Waals surface area contributed by atoms with Crippen LogP contribution in [-0.4, -0.2) is 29.8 Å². The van der Waals surface area contributed by atoms with Crippen molar-refractivity contribution >= 4 is 11.8 Å². The minimum absolute atomic E-state index is 0.0387. The molecule has 1 aliphatic carbocycles. The molecule has 1 saturated carbocycles. The number of likely N-dealkylation sites (tertiary alicyclic amines) is 1. The fourth-order valence-corrected chi connectivity index (χ4v) is 3.83. The van der Waals surface area contributed by atoms with Crippen LogP contribution in [0.25, 0.3) is 0 Å². The molecule has 5 heteroatoms. The van der Waals surface area contributed by atoms with Gasteiger partial charge in [-0.25, -0.2) is 4.39 Å². The zero-order chi connectivity index (χ0) is 16.4. The Labute approximate surface area is 136 Å². The first-order chi connectivity index (χ1) is 11.1. The molecule has 124 valence electrons. The average molecular weight is 318 g/mol. The molecular formula is C18H23FN2O2. The number of nitrogens with zero attached hydrogens (tertiary/aromatic N) is 1. The van der Waals surface area contributed by atoms with Gasteiger partial charge in [0.15, 0.2) is 0 Å². The van der Waals surface area contributed by atoms with Crippen molar-refractivity contribution in [2.24, 2.45) is 5.92 Å². The first-order valence-electron chi connectivity index (χ1n) is 8.38. The lowest BCUT2D eigenvalue weighted by atomic mass is 9.83. The fourth-order valence-electron chi connectivity index (χ4n) is 3.83. The van der Waals surface area contributed by atoms with E-state index in [1.54, 1.807) is 25.2 Å². The quantitative estimate of drug-likeness (QED) is 0.931. The van der Waals surface area contributed by atoms with E-state index in [-0.39, 0.29) is 23.7 Å². The second-order valence-corrected chi connectivity index (χ2v) is 6.61. The van der Waals surface area contributed by atoms with Gasteiger partial charge in [-0.2, -0.15) is 0 Å². The van der Waals surface area contributed by atoms with E-state index in [9.17, 15) is 14.0 Å². The van der Waals surface area contributed by atoms with Crippen molar-refractivity contribution in [1.29, 1.82) is 0 Å². The van der Waals surface area contributed by atoms with E-state index in [0.29, 0.717) is 18.4 Å². The molecule has 4 nitrogen and oxygen atoms in total. The largest absolute Gasteiger partial charge is 0.353 e. The molecule has 1 saturated heterocycles. The summed E-state index contributed by atoms with van der Waals surface area (Å²) in [5.41, 5.74) is 0.426. The van der Waals surface area contributed by atoms with Gasteiger partial charge in [0.1, 0.15) is 5.82 Å². The highest BCUT2D eigenvalue weighted by molar-refractivity contribution is 5.85. The van der Waals surface area contributed by atoms with Crippen LogP contribution < -0.4 is 5.32 Å². The van der Waals surface area contributed by atoms with Gasteiger partial charge in [-0.3, -0.25) is 9.59 Å². The van der Waals surface area contributed by atoms with Gasteiger partial charge in [0.2, 0.25) is 11.8 Å². The van der Waals surface area contributed by atoms with Crippen LogP contribution in [0.4, 0.5) is 4.39 Å². The Kier molecular flexibility index (Phi) is 4.64. The molecule has 2 aliphatic rings. The van der Waals surface area contributed by atoms with Crippen LogP contribution in [0.1, 0.15) is 50.1 Å². The third-order valence-electron chi connectivity index (χ3n) is 5.12. The van der Waals surface area contributed by atoms with Crippen LogP contribution >= 0.6 is 0 Å². The van der Waals surface area contributed by atoms with Crippen LogP contribution in [0.15, 0.2) is 24.3 Å². The van der Waals surface area contributed by atoms with E-state index >= 15 is 0 Å². The molecule has 0 spiro atoms. The van der Waals surface area contributed by atoms with Gasteiger partial charge in [-0.05, 0) is 25.3 Å². The molecule has 2 amide bonds. The Hall–Kier alpha value is -1.91. The molecule has 1 aliphatic heterocycles. The zero-order valence-electron chi connectivity index (χ0n) is 13.4. The lowest BCUT2D eigenvalue weighted by molar-refractivity contribution is -0.142. The number of nitrogens with one attached hydrogen (secondary N) is 1. The Morgan fingerprint density at radius 2 is 1.91 bits per heavy atom. The molecule has 23 heavy (non-hydrogen) atoms. The highest BCUT2D eigenvalue weighted by Gasteiger charge is 2.40. The van der Waals surface area contributed by atoms with Gasteiger partial charge < -0.3 is 10.2 Å². The maximum Gasteiger partial charge on any atom is 0.225 e. The van der Waals surface area contributed by atoms with Crippen LogP contribution in [0.3, 0.4) is 0 Å². The second-order valence-electron chi connectivity index (χ2n) is 6.61. The number of rotatable bonds is 3. The summed E-state index contributed by atoms with van der Waals surface area (Å²) in [6.07, 6.45) is 5.12. The van der Waals surface area contributed by atoms with Crippen molar-refractivity contribution in [1.82, 2.24) is 10.2 Å². The lowest BCUT2D eigenvalue weighted by Gasteiger charge is -2.39. The zero-order valence-corrected chi connectivity index (χ0v) is 13.4. The molecule has 0 unspecified atom stereocenters. The Morgan fingerprint density at radius 3 is 2.61 bits per heavy atom. The fraction of sp³-hybridized carbons (Fsp3) is 0.556. The first kappa shape index (κ1) is 16.0. The van der Waals surface area contributed by atoms with E-state index in [1.807, 2.05) is 0 Å². The Morgan fingerprint density at radius 1 is 1.22 bits per heavy atom. The molecule has 0 radical (unpaired) electrons. The topological polar surface area (TPSA) is 49.4 Å². The SMILES string of the molecule is CN1C(=O)CC[C@@H](C(=O)NC2CCCC2)[C@@H]1c1ccccc1F. The predicted octanol–water partition coefficient (Wildman–Crippen LogP) is 2.79. The smallest absolute Gasteiger partial charge is 0.225 e. The van der Waals surface area contributed by atoms with Crippen LogP contribution in [0.5, 0.6) is 0 Å². The van der Waals surface area contributed by atoms with Crippen molar-refractivity contribution < 1.29 is 14.0 Å². The lowest BCUT2D eigenvalue weighted by Crippen LogP contribution is -2.48. The molecule has 1 aromatic carbocycles. The average Bonchev–Trinajstić information content (AvgIpc) is 3.03. The summed E-state index contributed by atoms with van der Waals surface area (Å²) in [5.74, 6) is -0.847. The third-order valence-corrected chi connectivity index (χ3v) is 5.12. The monoisotopic (exact) mass is 318 g/mol. The van der Waals surface area contributed by atoms with Gasteiger partial charge in [0.25, 0.3) is 0 Å². The summed E-state index contributed by atoms with van der Waals surface area (Å²) >= 11 is 0. The predicted molar refractivity (Wildman–Crippen MR) is 85.0 cm³/mol. The van der Waals surface area contributed by atoms with Crippen molar-refractivity contribution in [2.75, 3.05) is 7.05 Å². The molecule has 3 rings (SSSR count). The number of hydrogen-bond acceptors (Lipinski definition) is 2. The van der Waals surface area contributed by atoms with E-state index < -0.39 is 12.0 Å². The van der Waals surface area contributed by atoms with Crippen LogP contribution in [0, 0.1) is 11.7 Å². The minimum atomic E-state index is -0.529. The van der Waals surface area contributed by atoms with Crippen molar-refractivity contribution in [3.05, 3.63) is 35.6 Å². The van der Waals surface area contributed by atoms with Gasteiger partial charge in [-0.1, -0.05) is 31.0 Å². The highest BCUT2D eigenvalue weighted by atomic mass is 19.1. The maximum absolute atomic E-state index is 14.2. The Balaban J connectivity index is 1.85. The molecule has 1 N–H and O–H groups in total. The molecule has 1 aromatic rings. The standard InChI is InChI=1S/C18H23FN2O2/c1-21-16(22)11-10-14(18(23)20-12-6-2-3-7-12)17(21)13-8-4-5-9-15(13)19/h4-5,8-9,12,14,17H,2-3,6-7,10-11H2,1H3,(H,20,23)/t14-,17+/m1/s1. The van der Waals surface area contributed by atoms with E-state index in [2.05, 4.69) is 5.32 Å². The number of piperidine rings is 1. The highest BCUT2D eigenvalue weighted by Crippen LogP contribution is 2.37. The summed E-state index contributed by atoms with van der Waals surface area (Å²) in [5, 5.41) is 3.10. The number of benzene rings is 1. The van der Waals surface area contributed by atoms with Crippen molar-refractivity contribution in [3.63, 3.8) is 0 Å². The molecule has 0 aromatic heterocycles. The summed E-state index contributed by atoms with van der Waals surface area (Å²) in [6, 6.07) is 6.12. The molecule has 2 atom stereocenters. The first-order valence-corrected chi connectivity index (χ1v) is 8.38. The normalized spacial score (nSPS) is 25.7. The summed E-state index contributed by atoms with van der Waals surface area (Å²) in [6.45, 7) is 0. The molecule has 1 heterocycles. The summed E-state index contributed by atoms with van der Waals surface area (Å²) in [7, 11) is 1.66. The summed E-state index contributed by atoms with van der Waals surface area (Å²) < 4.78 is 14.2. The van der Waals surface area contributed by atoms with Gasteiger partial charge in [0, 0.05) is 25.1 Å². The third kappa shape index (κ3) is 3.23. The minimum Gasteiger partial charge on any atom is -0.353 e. The van der Waals surface area contributed by atoms with Crippen molar-refractivity contribution in [3.8, 4) is 0 Å². The maximum atomic E-state index is 14.2. The number of carbonyl (C=O) groups is 2. The second kappa shape index (κ2) is 6.69. The molecular weight excluding hydrogens is 295 g/mol. The number of hydrogen-bond donors (Lipinski definition) is 1. The van der Waals surface area contributed by atoms with Gasteiger partial charge in [0.05, 0.1) is 12.0 Å². The van der Waals surface area contributed by atoms with E-state index in [4.69, 9.17) is 0 Å². The Bertz CT molecular complexity index is 598. The van der Waals surface area contributed by atoms with E-state index in [0.717, 1.165) is 25.7 Å². The van der Waals surface area contributed by atoms with Crippen LogP contribution in [0.2, 0.25) is 0 Å². The molecule has 2 fully saturated rings. The van der Waals surface area contributed by atoms with Gasteiger partial charge >= 0.3 is 0 Å². The summed E-state index contributed by atoms with van der Waals surface area (Å²) in [4.78, 5) is 26.3. The molecule has 0 bridgehead atoms.